The summed E-state index contributed by atoms with van der Waals surface area (Å²) in [5.41, 5.74) is 0.00530. The molecule has 0 spiro atoms. The summed E-state index contributed by atoms with van der Waals surface area (Å²) in [5.74, 6) is 0.416. The fourth-order valence-corrected chi connectivity index (χ4v) is 2.04. The molecular weight excluding hydrogens is 262 g/mol. The number of likely N-dealkylation sites (N-methyl/N-ethyl adjacent to an activating group) is 1. The first-order valence-corrected chi connectivity index (χ1v) is 6.52. The van der Waals surface area contributed by atoms with Crippen LogP contribution in [0.2, 0.25) is 0 Å². The number of ether oxygens (including phenoxy) is 1. The highest BCUT2D eigenvalue weighted by atomic mass is 16.6. The molecule has 108 valence electrons. The van der Waals surface area contributed by atoms with Gasteiger partial charge in [0.25, 0.3) is 11.6 Å². The molecule has 0 radical (unpaired) electrons. The summed E-state index contributed by atoms with van der Waals surface area (Å²) in [7, 11) is 2.11. The highest BCUT2D eigenvalue weighted by molar-refractivity contribution is 5.77. The van der Waals surface area contributed by atoms with Crippen LogP contribution < -0.4 is 9.64 Å². The lowest BCUT2D eigenvalue weighted by atomic mass is 10.3. The second kappa shape index (κ2) is 6.33. The number of nitro benzene ring substituents is 1. The molecule has 1 N–H and O–H groups in total. The van der Waals surface area contributed by atoms with Crippen molar-refractivity contribution in [3.63, 3.8) is 0 Å². The number of amides is 1. The summed E-state index contributed by atoms with van der Waals surface area (Å²) in [5, 5.41) is 10.5. The third-order valence-corrected chi connectivity index (χ3v) is 3.38. The summed E-state index contributed by atoms with van der Waals surface area (Å²) >= 11 is 0. The standard InChI is InChI=1S/C13H17N3O4/c1-14-6-8-15(9-7-14)13(17)10-20-12-4-2-11(3-5-12)16(18)19/h2-5H,6-10H2,1H3/p+1. The van der Waals surface area contributed by atoms with Gasteiger partial charge in [0, 0.05) is 12.1 Å². The number of nitro groups is 1. The number of hydrogen-bond donors (Lipinski definition) is 1. The van der Waals surface area contributed by atoms with E-state index in [-0.39, 0.29) is 18.2 Å². The predicted molar refractivity (Wildman–Crippen MR) is 71.8 cm³/mol. The molecule has 7 heteroatoms. The zero-order chi connectivity index (χ0) is 14.5. The molecule has 0 aliphatic carbocycles. The zero-order valence-electron chi connectivity index (χ0n) is 11.4. The third-order valence-electron chi connectivity index (χ3n) is 3.38. The van der Waals surface area contributed by atoms with Gasteiger partial charge in [-0.3, -0.25) is 14.9 Å². The Morgan fingerprint density at radius 1 is 1.35 bits per heavy atom. The van der Waals surface area contributed by atoms with Crippen LogP contribution in [0.1, 0.15) is 0 Å². The smallest absolute Gasteiger partial charge is 0.269 e. The first kappa shape index (κ1) is 14.3. The summed E-state index contributed by atoms with van der Waals surface area (Å²) < 4.78 is 5.36. The number of nitrogens with one attached hydrogen (secondary N) is 1. The van der Waals surface area contributed by atoms with E-state index in [9.17, 15) is 14.9 Å². The first-order valence-electron chi connectivity index (χ1n) is 6.52. The van der Waals surface area contributed by atoms with Gasteiger partial charge in [-0.2, -0.15) is 0 Å². The van der Waals surface area contributed by atoms with Gasteiger partial charge in [0.05, 0.1) is 38.2 Å². The Bertz CT molecular complexity index is 481. The van der Waals surface area contributed by atoms with Gasteiger partial charge in [0.15, 0.2) is 6.61 Å². The minimum absolute atomic E-state index is 0.00530. The summed E-state index contributed by atoms with van der Waals surface area (Å²) in [4.78, 5) is 25.2. The molecule has 2 rings (SSSR count). The number of hydrogen-bond acceptors (Lipinski definition) is 4. The molecule has 0 unspecified atom stereocenters. The van der Waals surface area contributed by atoms with E-state index in [1.807, 2.05) is 0 Å². The molecule has 7 nitrogen and oxygen atoms in total. The van der Waals surface area contributed by atoms with E-state index in [0.717, 1.165) is 26.2 Å². The van der Waals surface area contributed by atoms with E-state index < -0.39 is 4.92 Å². The second-order valence-corrected chi connectivity index (χ2v) is 4.88. The minimum atomic E-state index is -0.471. The van der Waals surface area contributed by atoms with Gasteiger partial charge >= 0.3 is 0 Å². The average molecular weight is 280 g/mol. The van der Waals surface area contributed by atoms with Crippen LogP contribution in [0.3, 0.4) is 0 Å². The van der Waals surface area contributed by atoms with Gasteiger partial charge in [0.2, 0.25) is 0 Å². The lowest BCUT2D eigenvalue weighted by Crippen LogP contribution is -3.12. The number of carbonyl (C=O) groups excluding carboxylic acids is 1. The second-order valence-electron chi connectivity index (χ2n) is 4.88. The fraction of sp³-hybridized carbons (Fsp3) is 0.462. The molecule has 1 aromatic carbocycles. The van der Waals surface area contributed by atoms with E-state index in [0.29, 0.717) is 5.75 Å². The summed E-state index contributed by atoms with van der Waals surface area (Å²) in [6.07, 6.45) is 0. The van der Waals surface area contributed by atoms with Crippen LogP contribution in [-0.4, -0.2) is 55.6 Å². The molecule has 1 aromatic rings. The number of quaternary nitrogens is 1. The number of non-ortho nitro benzene ring substituents is 1. The lowest BCUT2D eigenvalue weighted by Gasteiger charge is -2.29. The molecule has 0 atom stereocenters. The van der Waals surface area contributed by atoms with E-state index >= 15 is 0 Å². The normalized spacial score (nSPS) is 15.9. The molecule has 1 aliphatic rings. The molecule has 0 bridgehead atoms. The van der Waals surface area contributed by atoms with Crippen molar-refractivity contribution in [3.05, 3.63) is 34.4 Å². The highest BCUT2D eigenvalue weighted by Crippen LogP contribution is 2.17. The van der Waals surface area contributed by atoms with Crippen molar-refractivity contribution in [3.8, 4) is 5.75 Å². The topological polar surface area (TPSA) is 77.1 Å². The minimum Gasteiger partial charge on any atom is -0.484 e. The van der Waals surface area contributed by atoms with Gasteiger partial charge in [-0.25, -0.2) is 0 Å². The van der Waals surface area contributed by atoms with Crippen LogP contribution in [-0.2, 0) is 4.79 Å². The zero-order valence-corrected chi connectivity index (χ0v) is 11.4. The largest absolute Gasteiger partial charge is 0.484 e. The van der Waals surface area contributed by atoms with Gasteiger partial charge in [0.1, 0.15) is 5.75 Å². The Kier molecular flexibility index (Phi) is 4.52. The maximum Gasteiger partial charge on any atom is 0.269 e. The summed E-state index contributed by atoms with van der Waals surface area (Å²) in [6.45, 7) is 3.35. The molecule has 1 fully saturated rings. The number of carbonyl (C=O) groups is 1. The lowest BCUT2D eigenvalue weighted by molar-refractivity contribution is -0.883. The van der Waals surface area contributed by atoms with Gasteiger partial charge in [-0.05, 0) is 12.1 Å². The van der Waals surface area contributed by atoms with Gasteiger partial charge < -0.3 is 14.5 Å². The Morgan fingerprint density at radius 3 is 2.50 bits per heavy atom. The molecule has 1 saturated heterocycles. The van der Waals surface area contributed by atoms with Crippen molar-refractivity contribution in [2.24, 2.45) is 0 Å². The monoisotopic (exact) mass is 280 g/mol. The SMILES string of the molecule is C[NH+]1CCN(C(=O)COc2ccc([N+](=O)[O-])cc2)CC1. The number of nitrogens with zero attached hydrogens (tertiary/aromatic N) is 2. The van der Waals surface area contributed by atoms with Crippen molar-refractivity contribution >= 4 is 11.6 Å². The van der Waals surface area contributed by atoms with E-state index in [4.69, 9.17) is 4.74 Å². The van der Waals surface area contributed by atoms with Crippen molar-refractivity contribution in [2.45, 2.75) is 0 Å². The molecule has 1 amide bonds. The van der Waals surface area contributed by atoms with Crippen molar-refractivity contribution in [1.29, 1.82) is 0 Å². The van der Waals surface area contributed by atoms with Crippen LogP contribution in [0, 0.1) is 10.1 Å². The van der Waals surface area contributed by atoms with Crippen LogP contribution in [0.5, 0.6) is 5.75 Å². The van der Waals surface area contributed by atoms with Crippen molar-refractivity contribution in [1.82, 2.24) is 4.90 Å². The molecule has 1 heterocycles. The van der Waals surface area contributed by atoms with Crippen LogP contribution >= 0.6 is 0 Å². The van der Waals surface area contributed by atoms with Crippen molar-refractivity contribution < 1.29 is 19.4 Å². The van der Waals surface area contributed by atoms with Crippen LogP contribution in [0.25, 0.3) is 0 Å². The Balaban J connectivity index is 1.82. The van der Waals surface area contributed by atoms with E-state index in [2.05, 4.69) is 7.05 Å². The Labute approximate surface area is 116 Å². The highest BCUT2D eigenvalue weighted by Gasteiger charge is 2.21. The van der Waals surface area contributed by atoms with E-state index in [1.165, 1.54) is 29.2 Å². The van der Waals surface area contributed by atoms with Crippen LogP contribution in [0.15, 0.2) is 24.3 Å². The number of benzene rings is 1. The molecular formula is C13H18N3O4+. The quantitative estimate of drug-likeness (QED) is 0.586. The van der Waals surface area contributed by atoms with Crippen molar-refractivity contribution in [2.75, 3.05) is 39.8 Å². The maximum absolute atomic E-state index is 11.9. The average Bonchev–Trinajstić information content (AvgIpc) is 2.46. The molecule has 0 saturated carbocycles. The Morgan fingerprint density at radius 2 is 1.95 bits per heavy atom. The van der Waals surface area contributed by atoms with Gasteiger partial charge in [-0.1, -0.05) is 0 Å². The van der Waals surface area contributed by atoms with Gasteiger partial charge in [-0.15, -0.1) is 0 Å². The molecule has 20 heavy (non-hydrogen) atoms. The number of piperazine rings is 1. The third kappa shape index (κ3) is 3.67. The van der Waals surface area contributed by atoms with E-state index in [1.54, 1.807) is 4.90 Å². The number of rotatable bonds is 4. The fourth-order valence-electron chi connectivity index (χ4n) is 2.04. The predicted octanol–water partition coefficient (Wildman–Crippen LogP) is -0.669. The Hall–Kier alpha value is -2.15. The molecule has 0 aromatic heterocycles. The maximum atomic E-state index is 11.9. The molecule has 1 aliphatic heterocycles. The van der Waals surface area contributed by atoms with Crippen LogP contribution in [0.4, 0.5) is 5.69 Å². The first-order chi connectivity index (χ1) is 9.56. The summed E-state index contributed by atoms with van der Waals surface area (Å²) in [6, 6.07) is 5.72.